The third kappa shape index (κ3) is 3.76. The van der Waals surface area contributed by atoms with Crippen LogP contribution in [-0.2, 0) is 21.4 Å². The number of hydrogen-bond acceptors (Lipinski definition) is 3. The highest BCUT2D eigenvalue weighted by atomic mass is 79.9. The lowest BCUT2D eigenvalue weighted by Gasteiger charge is -2.10. The van der Waals surface area contributed by atoms with Crippen molar-refractivity contribution < 1.29 is 22.7 Å². The molecule has 0 heterocycles. The molecule has 5 nitrogen and oxygen atoms in total. The van der Waals surface area contributed by atoms with E-state index in [4.69, 9.17) is 5.11 Å². The maximum absolute atomic E-state index is 13.3. The van der Waals surface area contributed by atoms with E-state index in [-0.39, 0.29) is 12.1 Å². The Morgan fingerprint density at radius 2 is 2.17 bits per heavy atom. The fraction of sp³-hybridized carbons (Fsp3) is 0.300. The van der Waals surface area contributed by atoms with Crippen LogP contribution >= 0.6 is 15.9 Å². The van der Waals surface area contributed by atoms with Crippen molar-refractivity contribution in [2.45, 2.75) is 18.7 Å². The number of nitrogens with one attached hydrogen (secondary N) is 1. The average molecular weight is 340 g/mol. The summed E-state index contributed by atoms with van der Waals surface area (Å²) in [4.78, 5) is 10.6. The van der Waals surface area contributed by atoms with Crippen LogP contribution < -0.4 is 4.72 Å². The number of carboxylic acid groups (broad SMARTS) is 1. The van der Waals surface area contributed by atoms with Crippen molar-refractivity contribution in [1.29, 1.82) is 0 Å². The lowest BCUT2D eigenvalue weighted by molar-refractivity contribution is -0.136. The summed E-state index contributed by atoms with van der Waals surface area (Å²) in [7, 11) is -4.02. The van der Waals surface area contributed by atoms with Crippen LogP contribution in [-0.4, -0.2) is 24.7 Å². The van der Waals surface area contributed by atoms with E-state index in [0.717, 1.165) is 6.92 Å². The van der Waals surface area contributed by atoms with Gasteiger partial charge in [0.1, 0.15) is 5.82 Å². The zero-order valence-corrected chi connectivity index (χ0v) is 11.8. The SMILES string of the molecule is CC(C(=O)O)S(=O)(=O)NCc1cc(Br)ccc1F. The summed E-state index contributed by atoms with van der Waals surface area (Å²) >= 11 is 3.13. The number of halogens is 2. The largest absolute Gasteiger partial charge is 0.480 e. The van der Waals surface area contributed by atoms with Gasteiger partial charge in [0.05, 0.1) is 0 Å². The monoisotopic (exact) mass is 339 g/mol. The Bertz CT molecular complexity index is 561. The van der Waals surface area contributed by atoms with Gasteiger partial charge in [0.2, 0.25) is 10.0 Å². The number of aliphatic carboxylic acids is 1. The minimum Gasteiger partial charge on any atom is -0.480 e. The summed E-state index contributed by atoms with van der Waals surface area (Å²) in [5.74, 6) is -2.03. The van der Waals surface area contributed by atoms with Gasteiger partial charge in [0.25, 0.3) is 0 Å². The van der Waals surface area contributed by atoms with E-state index in [2.05, 4.69) is 20.7 Å². The van der Waals surface area contributed by atoms with Gasteiger partial charge < -0.3 is 5.11 Å². The van der Waals surface area contributed by atoms with Crippen molar-refractivity contribution in [1.82, 2.24) is 4.72 Å². The van der Waals surface area contributed by atoms with Gasteiger partial charge in [-0.15, -0.1) is 0 Å². The first-order valence-electron chi connectivity index (χ1n) is 4.89. The molecule has 0 aliphatic carbocycles. The molecule has 1 aromatic carbocycles. The van der Waals surface area contributed by atoms with Gasteiger partial charge in [0, 0.05) is 16.6 Å². The molecule has 0 saturated carbocycles. The lowest BCUT2D eigenvalue weighted by atomic mass is 10.2. The van der Waals surface area contributed by atoms with Crippen LogP contribution in [0.3, 0.4) is 0 Å². The fourth-order valence-corrected chi connectivity index (χ4v) is 2.40. The van der Waals surface area contributed by atoms with Crippen molar-refractivity contribution >= 4 is 31.9 Å². The highest BCUT2D eigenvalue weighted by molar-refractivity contribution is 9.10. The van der Waals surface area contributed by atoms with Gasteiger partial charge in [-0.2, -0.15) is 0 Å². The van der Waals surface area contributed by atoms with E-state index in [0.29, 0.717) is 4.47 Å². The maximum Gasteiger partial charge on any atom is 0.323 e. The van der Waals surface area contributed by atoms with Crippen molar-refractivity contribution in [3.05, 3.63) is 34.1 Å². The molecule has 0 spiro atoms. The van der Waals surface area contributed by atoms with Crippen LogP contribution in [0.15, 0.2) is 22.7 Å². The zero-order chi connectivity index (χ0) is 13.9. The normalized spacial score (nSPS) is 13.3. The van der Waals surface area contributed by atoms with Crippen molar-refractivity contribution in [2.24, 2.45) is 0 Å². The molecule has 1 atom stereocenters. The molecule has 0 saturated heterocycles. The molecule has 0 fully saturated rings. The molecule has 1 aromatic rings. The van der Waals surface area contributed by atoms with Gasteiger partial charge in [-0.1, -0.05) is 15.9 Å². The molecular weight excluding hydrogens is 329 g/mol. The molecule has 0 aliphatic heterocycles. The molecule has 1 rings (SSSR count). The number of carbonyl (C=O) groups is 1. The van der Waals surface area contributed by atoms with Gasteiger partial charge in [-0.25, -0.2) is 17.5 Å². The number of hydrogen-bond donors (Lipinski definition) is 2. The maximum atomic E-state index is 13.3. The van der Waals surface area contributed by atoms with Crippen molar-refractivity contribution in [3.63, 3.8) is 0 Å². The smallest absolute Gasteiger partial charge is 0.323 e. The first-order valence-corrected chi connectivity index (χ1v) is 7.23. The van der Waals surface area contributed by atoms with E-state index in [9.17, 15) is 17.6 Å². The minimum absolute atomic E-state index is 0.130. The van der Waals surface area contributed by atoms with Crippen LogP contribution in [0.25, 0.3) is 0 Å². The summed E-state index contributed by atoms with van der Waals surface area (Å²) in [5.41, 5.74) is 0.130. The molecular formula is C10H11BrFNO4S. The standard InChI is InChI=1S/C10H11BrFNO4S/c1-6(10(14)15)18(16,17)13-5-7-4-8(11)2-3-9(7)12/h2-4,6,13H,5H2,1H3,(H,14,15). The van der Waals surface area contributed by atoms with Crippen LogP contribution in [0.1, 0.15) is 12.5 Å². The zero-order valence-electron chi connectivity index (χ0n) is 9.35. The molecule has 2 N–H and O–H groups in total. The summed E-state index contributed by atoms with van der Waals surface area (Å²) in [6.07, 6.45) is 0. The average Bonchev–Trinajstić information content (AvgIpc) is 2.29. The number of benzene rings is 1. The molecule has 0 amide bonds. The third-order valence-corrected chi connectivity index (χ3v) is 4.46. The Labute approximate surface area is 112 Å². The quantitative estimate of drug-likeness (QED) is 0.851. The number of carboxylic acids is 1. The summed E-state index contributed by atoms with van der Waals surface area (Å²) in [6, 6.07) is 4.09. The summed E-state index contributed by atoms with van der Waals surface area (Å²) < 4.78 is 39.0. The molecule has 0 radical (unpaired) electrons. The molecule has 0 bridgehead atoms. The first-order chi connectivity index (χ1) is 8.24. The fourth-order valence-electron chi connectivity index (χ4n) is 1.11. The Balaban J connectivity index is 2.82. The van der Waals surface area contributed by atoms with Crippen LogP contribution in [0.5, 0.6) is 0 Å². The van der Waals surface area contributed by atoms with Crippen LogP contribution in [0.4, 0.5) is 4.39 Å². The third-order valence-electron chi connectivity index (χ3n) is 2.28. The highest BCUT2D eigenvalue weighted by Gasteiger charge is 2.27. The minimum atomic E-state index is -4.02. The van der Waals surface area contributed by atoms with Gasteiger partial charge in [-0.05, 0) is 25.1 Å². The molecule has 0 aliphatic rings. The van der Waals surface area contributed by atoms with Gasteiger partial charge in [0.15, 0.2) is 5.25 Å². The van der Waals surface area contributed by atoms with Gasteiger partial charge in [-0.3, -0.25) is 4.79 Å². The molecule has 0 aromatic heterocycles. The van der Waals surface area contributed by atoms with Crippen LogP contribution in [0.2, 0.25) is 0 Å². The Kier molecular flexibility index (Phi) is 4.83. The van der Waals surface area contributed by atoms with E-state index in [1.165, 1.54) is 18.2 Å². The van der Waals surface area contributed by atoms with Crippen LogP contribution in [0, 0.1) is 5.82 Å². The topological polar surface area (TPSA) is 83.5 Å². The Morgan fingerprint density at radius 1 is 1.56 bits per heavy atom. The van der Waals surface area contributed by atoms with Gasteiger partial charge >= 0.3 is 5.97 Å². The molecule has 18 heavy (non-hydrogen) atoms. The van der Waals surface area contributed by atoms with E-state index >= 15 is 0 Å². The number of rotatable bonds is 5. The van der Waals surface area contributed by atoms with E-state index in [1.807, 2.05) is 0 Å². The molecule has 1 unspecified atom stereocenters. The Hall–Kier alpha value is -0.990. The Morgan fingerprint density at radius 3 is 2.72 bits per heavy atom. The second kappa shape index (κ2) is 5.77. The first kappa shape index (κ1) is 15.1. The van der Waals surface area contributed by atoms with Crippen molar-refractivity contribution in [3.8, 4) is 0 Å². The van der Waals surface area contributed by atoms with E-state index in [1.54, 1.807) is 0 Å². The molecule has 8 heteroatoms. The predicted molar refractivity (Wildman–Crippen MR) is 67.0 cm³/mol. The second-order valence-electron chi connectivity index (χ2n) is 3.58. The highest BCUT2D eigenvalue weighted by Crippen LogP contribution is 2.15. The predicted octanol–water partition coefficient (Wildman–Crippen LogP) is 1.48. The van der Waals surface area contributed by atoms with E-state index < -0.39 is 27.1 Å². The molecule has 100 valence electrons. The second-order valence-corrected chi connectivity index (χ2v) is 6.58. The summed E-state index contributed by atoms with van der Waals surface area (Å²) in [5, 5.41) is 7.02. The lowest BCUT2D eigenvalue weighted by Crippen LogP contribution is -2.37. The van der Waals surface area contributed by atoms with Crippen molar-refractivity contribution in [2.75, 3.05) is 0 Å². The summed E-state index contributed by atoms with van der Waals surface area (Å²) in [6.45, 7) is 0.743. The number of sulfonamides is 1.